The number of halogens is 3. The largest absolute Gasteiger partial charge is 0.433 e. The molecule has 3 rings (SSSR count). The number of piperidine rings is 1. The fraction of sp³-hybridized carbons (Fsp3) is 0.450. The maximum absolute atomic E-state index is 13.3. The van der Waals surface area contributed by atoms with Crippen LogP contribution in [0.1, 0.15) is 32.4 Å². The van der Waals surface area contributed by atoms with Gasteiger partial charge >= 0.3 is 6.18 Å². The Hall–Kier alpha value is -2.09. The van der Waals surface area contributed by atoms with Crippen molar-refractivity contribution >= 4 is 17.7 Å². The number of nitrogens with zero attached hydrogens (tertiary/aromatic N) is 3. The summed E-state index contributed by atoms with van der Waals surface area (Å²) < 4.78 is 40.0. The zero-order chi connectivity index (χ0) is 20.3. The lowest BCUT2D eigenvalue weighted by atomic mass is 10.0. The second-order valence-electron chi connectivity index (χ2n) is 7.08. The van der Waals surface area contributed by atoms with Crippen molar-refractivity contribution in [2.24, 2.45) is 5.92 Å². The molecule has 0 spiro atoms. The Kier molecular flexibility index (Phi) is 6.27. The first kappa shape index (κ1) is 20.6. The Morgan fingerprint density at radius 3 is 2.61 bits per heavy atom. The smallest absolute Gasteiger partial charge is 0.341 e. The standard InChI is InChI=1S/C20H22F3N3OS/c1-13-7-6-10-26(12-13)18(27)14(2)28-19-24-16(15-8-4-3-5-9-15)11-17(25-19)20(21,22)23/h3-5,8-9,11,13-14H,6-7,10,12H2,1-2H3/t13-,14+/m0/s1. The minimum atomic E-state index is -4.59. The third-order valence-electron chi connectivity index (χ3n) is 4.66. The van der Waals surface area contributed by atoms with Gasteiger partial charge in [0, 0.05) is 18.7 Å². The van der Waals surface area contributed by atoms with Crippen LogP contribution in [0.15, 0.2) is 41.6 Å². The predicted molar refractivity (Wildman–Crippen MR) is 103 cm³/mol. The van der Waals surface area contributed by atoms with E-state index in [1.807, 2.05) is 0 Å². The second-order valence-corrected chi connectivity index (χ2v) is 8.38. The van der Waals surface area contributed by atoms with E-state index in [1.54, 1.807) is 42.2 Å². The van der Waals surface area contributed by atoms with Gasteiger partial charge in [-0.05, 0) is 31.7 Å². The minimum Gasteiger partial charge on any atom is -0.341 e. The van der Waals surface area contributed by atoms with Crippen molar-refractivity contribution in [3.05, 3.63) is 42.1 Å². The lowest BCUT2D eigenvalue weighted by Gasteiger charge is -2.32. The zero-order valence-electron chi connectivity index (χ0n) is 15.7. The fourth-order valence-corrected chi connectivity index (χ4v) is 4.10. The number of likely N-dealkylation sites (tertiary alicyclic amines) is 1. The average Bonchev–Trinajstić information content (AvgIpc) is 2.67. The van der Waals surface area contributed by atoms with E-state index >= 15 is 0 Å². The number of carbonyl (C=O) groups is 1. The number of amides is 1. The molecule has 0 aliphatic carbocycles. The summed E-state index contributed by atoms with van der Waals surface area (Å²) in [5.41, 5.74) is -0.243. The van der Waals surface area contributed by atoms with Crippen LogP contribution in [0.4, 0.5) is 13.2 Å². The van der Waals surface area contributed by atoms with Crippen LogP contribution in [0, 0.1) is 5.92 Å². The van der Waals surface area contributed by atoms with E-state index in [0.29, 0.717) is 24.6 Å². The number of hydrogen-bond donors (Lipinski definition) is 0. The van der Waals surface area contributed by atoms with Gasteiger partial charge in [0.15, 0.2) is 5.16 Å². The SMILES string of the molecule is C[C@H]1CCCN(C(=O)[C@@H](C)Sc2nc(-c3ccccc3)cc(C(F)(F)F)n2)C1. The van der Waals surface area contributed by atoms with Crippen molar-refractivity contribution in [2.45, 2.75) is 43.3 Å². The first-order valence-corrected chi connectivity index (χ1v) is 10.1. The van der Waals surface area contributed by atoms with Crippen molar-refractivity contribution in [2.75, 3.05) is 13.1 Å². The van der Waals surface area contributed by atoms with Crippen LogP contribution in [-0.4, -0.2) is 39.1 Å². The topological polar surface area (TPSA) is 46.1 Å². The van der Waals surface area contributed by atoms with E-state index in [9.17, 15) is 18.0 Å². The van der Waals surface area contributed by atoms with Gasteiger partial charge in [-0.15, -0.1) is 0 Å². The molecule has 1 saturated heterocycles. The highest BCUT2D eigenvalue weighted by Gasteiger charge is 2.34. The van der Waals surface area contributed by atoms with Gasteiger partial charge in [0.2, 0.25) is 5.91 Å². The van der Waals surface area contributed by atoms with Gasteiger partial charge in [-0.3, -0.25) is 4.79 Å². The molecule has 1 aromatic carbocycles. The number of aromatic nitrogens is 2. The predicted octanol–water partition coefficient (Wildman–Crippen LogP) is 4.90. The number of hydrogen-bond acceptors (Lipinski definition) is 4. The number of benzene rings is 1. The lowest BCUT2D eigenvalue weighted by molar-refractivity contribution is -0.141. The minimum absolute atomic E-state index is 0.0421. The molecule has 0 bridgehead atoms. The first-order chi connectivity index (χ1) is 13.2. The molecule has 1 aliphatic heterocycles. The molecule has 0 radical (unpaired) electrons. The maximum Gasteiger partial charge on any atom is 0.433 e. The molecule has 28 heavy (non-hydrogen) atoms. The van der Waals surface area contributed by atoms with Crippen molar-refractivity contribution in [1.29, 1.82) is 0 Å². The Labute approximate surface area is 166 Å². The summed E-state index contributed by atoms with van der Waals surface area (Å²) in [5, 5.41) is -0.600. The van der Waals surface area contributed by atoms with E-state index < -0.39 is 17.1 Å². The van der Waals surface area contributed by atoms with Crippen LogP contribution >= 0.6 is 11.8 Å². The third kappa shape index (κ3) is 5.04. The highest BCUT2D eigenvalue weighted by Crippen LogP contribution is 2.33. The van der Waals surface area contributed by atoms with E-state index in [2.05, 4.69) is 16.9 Å². The highest BCUT2D eigenvalue weighted by atomic mass is 32.2. The molecule has 1 aromatic heterocycles. The molecule has 2 aromatic rings. The molecular formula is C20H22F3N3OS. The van der Waals surface area contributed by atoms with Gasteiger partial charge in [-0.1, -0.05) is 49.0 Å². The maximum atomic E-state index is 13.3. The van der Waals surface area contributed by atoms with E-state index in [0.717, 1.165) is 30.7 Å². The summed E-state index contributed by atoms with van der Waals surface area (Å²) in [4.78, 5) is 22.5. The molecule has 2 heterocycles. The van der Waals surface area contributed by atoms with Gasteiger partial charge in [0.1, 0.15) is 5.69 Å². The summed E-state index contributed by atoms with van der Waals surface area (Å²) in [6.07, 6.45) is -2.55. The Morgan fingerprint density at radius 2 is 1.96 bits per heavy atom. The monoisotopic (exact) mass is 409 g/mol. The molecule has 0 saturated carbocycles. The Bertz CT molecular complexity index is 829. The number of carbonyl (C=O) groups excluding carboxylic acids is 1. The molecule has 8 heteroatoms. The summed E-state index contributed by atoms with van der Waals surface area (Å²) in [5.74, 6) is 0.350. The average molecular weight is 409 g/mol. The van der Waals surface area contributed by atoms with Crippen LogP contribution in [0.3, 0.4) is 0 Å². The van der Waals surface area contributed by atoms with Gasteiger partial charge < -0.3 is 4.90 Å². The third-order valence-corrected chi connectivity index (χ3v) is 5.61. The molecule has 1 fully saturated rings. The normalized spacial score (nSPS) is 18.8. The van der Waals surface area contributed by atoms with E-state index in [-0.39, 0.29) is 16.8 Å². The number of thioether (sulfide) groups is 1. The number of rotatable bonds is 4. The summed E-state index contributed by atoms with van der Waals surface area (Å²) in [6, 6.07) is 9.59. The Balaban J connectivity index is 1.85. The summed E-state index contributed by atoms with van der Waals surface area (Å²) in [7, 11) is 0. The highest BCUT2D eigenvalue weighted by molar-refractivity contribution is 8.00. The molecule has 1 amide bonds. The van der Waals surface area contributed by atoms with Gasteiger partial charge in [0.05, 0.1) is 10.9 Å². The van der Waals surface area contributed by atoms with E-state index in [1.165, 1.54) is 0 Å². The summed E-state index contributed by atoms with van der Waals surface area (Å²) >= 11 is 0.972. The lowest BCUT2D eigenvalue weighted by Crippen LogP contribution is -2.42. The van der Waals surface area contributed by atoms with Crippen molar-refractivity contribution in [3.63, 3.8) is 0 Å². The second kappa shape index (κ2) is 8.51. The molecule has 0 N–H and O–H groups in total. The van der Waals surface area contributed by atoms with Crippen LogP contribution in [0.2, 0.25) is 0 Å². The fourth-order valence-electron chi connectivity index (χ4n) is 3.24. The molecule has 1 aliphatic rings. The molecular weight excluding hydrogens is 387 g/mol. The Morgan fingerprint density at radius 1 is 1.25 bits per heavy atom. The van der Waals surface area contributed by atoms with Crippen LogP contribution in [-0.2, 0) is 11.0 Å². The molecule has 4 nitrogen and oxygen atoms in total. The van der Waals surface area contributed by atoms with E-state index in [4.69, 9.17) is 0 Å². The van der Waals surface area contributed by atoms with Crippen molar-refractivity contribution in [1.82, 2.24) is 14.9 Å². The van der Waals surface area contributed by atoms with Gasteiger partial charge in [-0.2, -0.15) is 13.2 Å². The molecule has 150 valence electrons. The molecule has 0 unspecified atom stereocenters. The number of alkyl halides is 3. The van der Waals surface area contributed by atoms with Crippen LogP contribution in [0.25, 0.3) is 11.3 Å². The van der Waals surface area contributed by atoms with Crippen molar-refractivity contribution < 1.29 is 18.0 Å². The van der Waals surface area contributed by atoms with Crippen LogP contribution in [0.5, 0.6) is 0 Å². The van der Waals surface area contributed by atoms with Crippen LogP contribution < -0.4 is 0 Å². The van der Waals surface area contributed by atoms with Crippen molar-refractivity contribution in [3.8, 4) is 11.3 Å². The summed E-state index contributed by atoms with van der Waals surface area (Å²) in [6.45, 7) is 5.16. The van der Waals surface area contributed by atoms with Gasteiger partial charge in [-0.25, -0.2) is 9.97 Å². The quantitative estimate of drug-likeness (QED) is 0.532. The zero-order valence-corrected chi connectivity index (χ0v) is 16.6. The van der Waals surface area contributed by atoms with Gasteiger partial charge in [0.25, 0.3) is 0 Å². The first-order valence-electron chi connectivity index (χ1n) is 9.21. The molecule has 2 atom stereocenters.